The number of hydrogen-bond acceptors (Lipinski definition) is 5. The lowest BCUT2D eigenvalue weighted by molar-refractivity contribution is 0.102. The zero-order chi connectivity index (χ0) is 16.5. The Morgan fingerprint density at radius 1 is 1.33 bits per heavy atom. The van der Waals surface area contributed by atoms with E-state index in [2.05, 4.69) is 33.0 Å². The molecular formula is C17H15N5OS. The Balaban J connectivity index is 1.56. The fourth-order valence-electron chi connectivity index (χ4n) is 2.73. The van der Waals surface area contributed by atoms with Gasteiger partial charge in [-0.1, -0.05) is 36.9 Å². The van der Waals surface area contributed by atoms with Crippen LogP contribution < -0.4 is 0 Å². The number of nitrogens with one attached hydrogen (secondary N) is 1. The number of carbonyl (C=O) groups is 1. The van der Waals surface area contributed by atoms with Crippen LogP contribution in [0.25, 0.3) is 16.7 Å². The number of rotatable bonds is 5. The molecule has 0 bridgehead atoms. The summed E-state index contributed by atoms with van der Waals surface area (Å²) in [5.41, 5.74) is 2.98. The van der Waals surface area contributed by atoms with E-state index in [4.69, 9.17) is 0 Å². The number of Topliss-reactive ketones (excluding diaryl/α,β-unsaturated/α-hetero) is 1. The molecule has 0 saturated heterocycles. The van der Waals surface area contributed by atoms with E-state index >= 15 is 0 Å². The second kappa shape index (κ2) is 6.09. The van der Waals surface area contributed by atoms with Crippen molar-refractivity contribution in [3.05, 3.63) is 54.0 Å². The van der Waals surface area contributed by atoms with Crippen LogP contribution in [0.4, 0.5) is 0 Å². The van der Waals surface area contributed by atoms with Crippen molar-refractivity contribution in [2.75, 3.05) is 5.75 Å². The second-order valence-electron chi connectivity index (χ2n) is 5.37. The molecule has 0 aliphatic rings. The number of para-hydroxylation sites is 1. The molecule has 6 nitrogen and oxygen atoms in total. The molecule has 0 saturated carbocycles. The summed E-state index contributed by atoms with van der Waals surface area (Å²) in [6.07, 6.45) is 6.18. The van der Waals surface area contributed by atoms with E-state index in [1.54, 1.807) is 29.2 Å². The van der Waals surface area contributed by atoms with Gasteiger partial charge in [0, 0.05) is 35.1 Å². The van der Waals surface area contributed by atoms with Gasteiger partial charge in [-0.05, 0) is 18.1 Å². The van der Waals surface area contributed by atoms with Gasteiger partial charge in [0.25, 0.3) is 5.78 Å². The maximum absolute atomic E-state index is 12.6. The predicted molar refractivity (Wildman–Crippen MR) is 93.5 cm³/mol. The average molecular weight is 337 g/mol. The van der Waals surface area contributed by atoms with Crippen molar-refractivity contribution in [1.82, 2.24) is 24.6 Å². The predicted octanol–water partition coefficient (Wildman–Crippen LogP) is 3.14. The fraction of sp³-hybridized carbons (Fsp3) is 0.176. The van der Waals surface area contributed by atoms with E-state index in [0.29, 0.717) is 16.7 Å². The first-order chi connectivity index (χ1) is 11.8. The molecular weight excluding hydrogens is 322 g/mol. The summed E-state index contributed by atoms with van der Waals surface area (Å²) in [6.45, 7) is 2.11. The first-order valence-corrected chi connectivity index (χ1v) is 8.67. The Bertz CT molecular complexity index is 1000. The van der Waals surface area contributed by atoms with E-state index in [1.165, 1.54) is 17.3 Å². The van der Waals surface area contributed by atoms with Crippen molar-refractivity contribution < 1.29 is 4.79 Å². The maximum Gasteiger partial charge on any atom is 0.253 e. The average Bonchev–Trinajstić information content (AvgIpc) is 3.23. The first kappa shape index (κ1) is 14.9. The lowest BCUT2D eigenvalue weighted by atomic mass is 10.1. The highest BCUT2D eigenvalue weighted by Gasteiger charge is 2.15. The summed E-state index contributed by atoms with van der Waals surface area (Å²) in [7, 11) is 0. The molecule has 0 atom stereocenters. The molecule has 4 rings (SSSR count). The highest BCUT2D eigenvalue weighted by Crippen LogP contribution is 2.24. The molecule has 0 fully saturated rings. The number of carbonyl (C=O) groups excluding carboxylic acids is 1. The molecule has 120 valence electrons. The standard InChI is InChI=1S/C17H15N5OS/c1-2-11-5-3-6-12-13(9-19-15(11)12)14(23)10-24-17-20-16-18-7-4-8-22(16)21-17/h3-9,19H,2,10H2,1H3. The molecule has 4 aromatic rings. The van der Waals surface area contributed by atoms with Crippen LogP contribution in [-0.2, 0) is 6.42 Å². The summed E-state index contributed by atoms with van der Waals surface area (Å²) in [4.78, 5) is 24.2. The summed E-state index contributed by atoms with van der Waals surface area (Å²) in [5, 5.41) is 5.83. The van der Waals surface area contributed by atoms with Crippen molar-refractivity contribution in [2.45, 2.75) is 18.5 Å². The zero-order valence-electron chi connectivity index (χ0n) is 13.1. The molecule has 0 unspecified atom stereocenters. The Morgan fingerprint density at radius 2 is 2.25 bits per heavy atom. The fourth-order valence-corrected chi connectivity index (χ4v) is 3.43. The summed E-state index contributed by atoms with van der Waals surface area (Å²) < 4.78 is 1.60. The van der Waals surface area contributed by atoms with Crippen LogP contribution in [0.3, 0.4) is 0 Å². The summed E-state index contributed by atoms with van der Waals surface area (Å²) in [6, 6.07) is 7.85. The number of H-pyrrole nitrogens is 1. The normalized spacial score (nSPS) is 11.4. The summed E-state index contributed by atoms with van der Waals surface area (Å²) in [5.74, 6) is 0.888. The SMILES string of the molecule is CCc1cccc2c(C(=O)CSc3nc4ncccn4n3)c[nH]c12. The molecule has 1 N–H and O–H groups in total. The van der Waals surface area contributed by atoms with Crippen LogP contribution in [0.2, 0.25) is 0 Å². The minimum Gasteiger partial charge on any atom is -0.360 e. The Kier molecular flexibility index (Phi) is 3.78. The van der Waals surface area contributed by atoms with Gasteiger partial charge in [0.15, 0.2) is 5.78 Å². The number of aromatic nitrogens is 5. The Labute approximate surface area is 142 Å². The van der Waals surface area contributed by atoms with E-state index in [0.717, 1.165) is 22.9 Å². The van der Waals surface area contributed by atoms with E-state index in [1.807, 2.05) is 12.1 Å². The van der Waals surface area contributed by atoms with E-state index in [-0.39, 0.29) is 5.78 Å². The van der Waals surface area contributed by atoms with E-state index in [9.17, 15) is 4.79 Å². The molecule has 1 aromatic carbocycles. The third kappa shape index (κ3) is 2.56. The van der Waals surface area contributed by atoms with Crippen LogP contribution in [0, 0.1) is 0 Å². The van der Waals surface area contributed by atoms with Crippen molar-refractivity contribution in [3.8, 4) is 0 Å². The minimum absolute atomic E-state index is 0.0614. The number of fused-ring (bicyclic) bond motifs is 2. The minimum atomic E-state index is 0.0614. The molecule has 0 aliphatic heterocycles. The maximum atomic E-state index is 12.6. The largest absolute Gasteiger partial charge is 0.360 e. The third-order valence-corrected chi connectivity index (χ3v) is 4.75. The van der Waals surface area contributed by atoms with Gasteiger partial charge in [0.2, 0.25) is 5.16 Å². The molecule has 7 heteroatoms. The van der Waals surface area contributed by atoms with Crippen molar-refractivity contribution in [2.24, 2.45) is 0 Å². The second-order valence-corrected chi connectivity index (χ2v) is 6.31. The summed E-state index contributed by atoms with van der Waals surface area (Å²) >= 11 is 1.32. The molecule has 0 amide bonds. The van der Waals surface area contributed by atoms with Crippen LogP contribution >= 0.6 is 11.8 Å². The molecule has 0 spiro atoms. The van der Waals surface area contributed by atoms with Crippen molar-refractivity contribution in [1.29, 1.82) is 0 Å². The third-order valence-electron chi connectivity index (χ3n) is 3.91. The lowest BCUT2D eigenvalue weighted by Gasteiger charge is -2.00. The highest BCUT2D eigenvalue weighted by atomic mass is 32.2. The Hall–Kier alpha value is -2.67. The van der Waals surface area contributed by atoms with Crippen LogP contribution in [0.5, 0.6) is 0 Å². The zero-order valence-corrected chi connectivity index (χ0v) is 13.9. The van der Waals surface area contributed by atoms with Gasteiger partial charge in [-0.2, -0.15) is 4.98 Å². The highest BCUT2D eigenvalue weighted by molar-refractivity contribution is 7.99. The van der Waals surface area contributed by atoms with Crippen LogP contribution in [0.15, 0.2) is 48.0 Å². The number of hydrogen-bond donors (Lipinski definition) is 1. The topological polar surface area (TPSA) is 75.9 Å². The number of aryl methyl sites for hydroxylation is 1. The van der Waals surface area contributed by atoms with Gasteiger partial charge in [-0.25, -0.2) is 9.50 Å². The molecule has 0 aliphatic carbocycles. The van der Waals surface area contributed by atoms with Gasteiger partial charge in [-0.15, -0.1) is 5.10 Å². The van der Waals surface area contributed by atoms with Crippen molar-refractivity contribution in [3.63, 3.8) is 0 Å². The van der Waals surface area contributed by atoms with Gasteiger partial charge in [0.1, 0.15) is 0 Å². The monoisotopic (exact) mass is 337 g/mol. The van der Waals surface area contributed by atoms with Crippen LogP contribution in [0.1, 0.15) is 22.8 Å². The molecule has 3 heterocycles. The molecule has 3 aromatic heterocycles. The lowest BCUT2D eigenvalue weighted by Crippen LogP contribution is -2.01. The van der Waals surface area contributed by atoms with Gasteiger partial charge >= 0.3 is 0 Å². The van der Waals surface area contributed by atoms with Gasteiger partial charge < -0.3 is 4.98 Å². The number of nitrogens with zero attached hydrogens (tertiary/aromatic N) is 4. The number of thioether (sulfide) groups is 1. The number of ketones is 1. The quantitative estimate of drug-likeness (QED) is 0.447. The first-order valence-electron chi connectivity index (χ1n) is 7.68. The number of benzene rings is 1. The van der Waals surface area contributed by atoms with Gasteiger partial charge in [-0.3, -0.25) is 4.79 Å². The smallest absolute Gasteiger partial charge is 0.253 e. The Morgan fingerprint density at radius 3 is 3.08 bits per heavy atom. The van der Waals surface area contributed by atoms with Gasteiger partial charge in [0.05, 0.1) is 5.75 Å². The molecule has 0 radical (unpaired) electrons. The van der Waals surface area contributed by atoms with Crippen LogP contribution in [-0.4, -0.2) is 36.1 Å². The number of aromatic amines is 1. The van der Waals surface area contributed by atoms with E-state index < -0.39 is 0 Å². The molecule has 24 heavy (non-hydrogen) atoms. The van der Waals surface area contributed by atoms with Crippen molar-refractivity contribution >= 4 is 34.2 Å².